The molecular weight excluding hydrogens is 978 g/mol. The molecule has 0 aliphatic rings. The molecule has 0 spiro atoms. The largest absolute Gasteiger partial charge is 0.756 e. The van der Waals surface area contributed by atoms with Crippen molar-refractivity contribution in [3.8, 4) is 0 Å². The molecule has 0 aliphatic carbocycles. The quantitative estimate of drug-likeness (QED) is 0.0195. The van der Waals surface area contributed by atoms with Gasteiger partial charge in [-0.1, -0.05) is 217 Å². The van der Waals surface area contributed by atoms with Crippen molar-refractivity contribution in [1.29, 1.82) is 0 Å². The average molecular weight is 1090 g/mol. The van der Waals surface area contributed by atoms with Crippen molar-refractivity contribution in [3.63, 3.8) is 0 Å². The Labute approximate surface area is 471 Å². The summed E-state index contributed by atoms with van der Waals surface area (Å²) in [4.78, 5) is 37.8. The molecule has 434 valence electrons. The van der Waals surface area contributed by atoms with Gasteiger partial charge in [-0.25, -0.2) is 0 Å². The molecule has 0 aliphatic heterocycles. The summed E-state index contributed by atoms with van der Waals surface area (Å²) >= 11 is 0. The van der Waals surface area contributed by atoms with Gasteiger partial charge in [0.1, 0.15) is 19.8 Å². The predicted molar refractivity (Wildman–Crippen MR) is 327 cm³/mol. The van der Waals surface area contributed by atoms with Crippen molar-refractivity contribution in [3.05, 3.63) is 158 Å². The Morgan fingerprint density at radius 3 is 1.14 bits per heavy atom. The van der Waals surface area contributed by atoms with E-state index in [9.17, 15) is 19.0 Å². The number of hydrogen-bond donors (Lipinski definition) is 0. The van der Waals surface area contributed by atoms with Crippen molar-refractivity contribution >= 4 is 19.8 Å². The molecule has 0 saturated heterocycles. The lowest BCUT2D eigenvalue weighted by atomic mass is 10.1. The number of nitrogens with zero attached hydrogens (tertiary/aromatic N) is 1. The minimum Gasteiger partial charge on any atom is -0.756 e. The summed E-state index contributed by atoms with van der Waals surface area (Å²) < 4.78 is 34.0. The van der Waals surface area contributed by atoms with Crippen molar-refractivity contribution in [1.82, 2.24) is 0 Å². The second-order valence-electron chi connectivity index (χ2n) is 20.3. The van der Waals surface area contributed by atoms with Gasteiger partial charge in [-0.2, -0.15) is 0 Å². The summed E-state index contributed by atoms with van der Waals surface area (Å²) in [6.07, 6.45) is 84.5. The van der Waals surface area contributed by atoms with Crippen LogP contribution in [0, 0.1) is 0 Å². The van der Waals surface area contributed by atoms with Gasteiger partial charge in [-0.05, 0) is 128 Å². The second kappa shape index (κ2) is 56.4. The van der Waals surface area contributed by atoms with E-state index >= 15 is 0 Å². The molecule has 0 amide bonds. The van der Waals surface area contributed by atoms with Crippen LogP contribution in [0.1, 0.15) is 200 Å². The van der Waals surface area contributed by atoms with Gasteiger partial charge in [0.05, 0.1) is 27.7 Å². The minimum atomic E-state index is -4.66. The van der Waals surface area contributed by atoms with Crippen LogP contribution in [0.3, 0.4) is 0 Å². The van der Waals surface area contributed by atoms with E-state index in [-0.39, 0.29) is 26.1 Å². The fourth-order valence-corrected chi connectivity index (χ4v) is 7.95. The molecule has 77 heavy (non-hydrogen) atoms. The molecule has 0 heterocycles. The van der Waals surface area contributed by atoms with Crippen molar-refractivity contribution in [2.75, 3.05) is 47.5 Å². The maximum Gasteiger partial charge on any atom is 0.306 e. The van der Waals surface area contributed by atoms with E-state index < -0.39 is 32.5 Å². The van der Waals surface area contributed by atoms with E-state index in [1.807, 2.05) is 21.1 Å². The lowest BCUT2D eigenvalue weighted by Gasteiger charge is -2.28. The number of unbranched alkanes of at least 4 members (excludes halogenated alkanes) is 12. The van der Waals surface area contributed by atoms with E-state index in [2.05, 4.69) is 172 Å². The fourth-order valence-electron chi connectivity index (χ4n) is 7.22. The fraction of sp³-hybridized carbons (Fsp3) is 0.582. The molecule has 0 rings (SSSR count). The van der Waals surface area contributed by atoms with E-state index in [1.54, 1.807) is 0 Å². The lowest BCUT2D eigenvalue weighted by Crippen LogP contribution is -2.37. The summed E-state index contributed by atoms with van der Waals surface area (Å²) in [5.74, 6) is -0.908. The molecule has 0 aromatic rings. The maximum absolute atomic E-state index is 12.8. The van der Waals surface area contributed by atoms with Crippen molar-refractivity contribution in [2.24, 2.45) is 0 Å². The normalized spacial score (nSPS) is 14.4. The lowest BCUT2D eigenvalue weighted by molar-refractivity contribution is -0.870. The summed E-state index contributed by atoms with van der Waals surface area (Å²) in [6, 6.07) is 0. The standard InChI is InChI=1S/C67H108NO8P/c1-6-8-10-12-14-16-18-20-22-23-24-25-26-27-28-29-30-31-32-33-34-35-36-37-38-39-40-41-42-43-44-45-46-48-50-52-54-56-58-60-67(70)76-65(64-75-77(71,72)74-62-61-68(3,4)5)63-73-66(69)59-57-55-53-51-49-47-21-19-17-15-13-11-9-7-2/h8,10,14,16,19-22,24-25,27-28,30-31,33-34,36-37,39-40,42-43,45-46,50,52,65H,6-7,9,11-13,15,17-18,23,26,29,32,35,38,41,44,47-49,51,53-64H2,1-5H3/b10-8-,16-14-,21-19-,22-20-,25-24-,28-27-,31-30-,34-33-,37-36-,40-39-,43-42-,46-45-,52-50-. The smallest absolute Gasteiger partial charge is 0.306 e. The molecule has 0 bridgehead atoms. The molecule has 2 unspecified atom stereocenters. The third-order valence-electron chi connectivity index (χ3n) is 11.8. The Morgan fingerprint density at radius 1 is 0.416 bits per heavy atom. The molecule has 0 saturated carbocycles. The Balaban J connectivity index is 4.25. The highest BCUT2D eigenvalue weighted by atomic mass is 31.2. The number of esters is 2. The number of rotatable bonds is 52. The Kier molecular flexibility index (Phi) is 53.2. The first-order chi connectivity index (χ1) is 37.5. The highest BCUT2D eigenvalue weighted by Gasteiger charge is 2.21. The van der Waals surface area contributed by atoms with Crippen LogP contribution in [0.25, 0.3) is 0 Å². The van der Waals surface area contributed by atoms with Crippen LogP contribution >= 0.6 is 7.82 Å². The van der Waals surface area contributed by atoms with Crippen LogP contribution in [0.5, 0.6) is 0 Å². The Morgan fingerprint density at radius 2 is 0.740 bits per heavy atom. The highest BCUT2D eigenvalue weighted by molar-refractivity contribution is 7.45. The summed E-state index contributed by atoms with van der Waals surface area (Å²) in [6.45, 7) is 4.02. The first-order valence-corrected chi connectivity index (χ1v) is 31.2. The highest BCUT2D eigenvalue weighted by Crippen LogP contribution is 2.38. The first-order valence-electron chi connectivity index (χ1n) is 29.7. The number of quaternary nitrogens is 1. The minimum absolute atomic E-state index is 0.0491. The molecular formula is C67H108NO8P. The first kappa shape index (κ1) is 72.6. The molecule has 0 fully saturated rings. The summed E-state index contributed by atoms with van der Waals surface area (Å²) in [7, 11) is 1.11. The molecule has 0 N–H and O–H groups in total. The number of phosphoric ester groups is 1. The van der Waals surface area contributed by atoms with Crippen LogP contribution < -0.4 is 4.89 Å². The van der Waals surface area contributed by atoms with Gasteiger partial charge in [-0.3, -0.25) is 14.2 Å². The Bertz CT molecular complexity index is 1850. The zero-order valence-electron chi connectivity index (χ0n) is 49.1. The molecule has 0 aromatic heterocycles. The molecule has 10 heteroatoms. The zero-order chi connectivity index (χ0) is 56.3. The number of hydrogen-bond acceptors (Lipinski definition) is 8. The van der Waals surface area contributed by atoms with Gasteiger partial charge < -0.3 is 27.9 Å². The number of allylic oxidation sites excluding steroid dienone is 26. The van der Waals surface area contributed by atoms with E-state index in [0.29, 0.717) is 23.9 Å². The summed E-state index contributed by atoms with van der Waals surface area (Å²) in [5, 5.41) is 0. The van der Waals surface area contributed by atoms with Gasteiger partial charge in [0.25, 0.3) is 7.82 Å². The SMILES string of the molecule is CC/C=C\C/C=C\C/C=C\C/C=C\C/C=C\C/C=C\C/C=C\C/C=C\C/C=C\C/C=C\C/C=C\C/C=C\CCCCC(=O)OC(COC(=O)CCCCCCC/C=C\CCCCCCC)COP(=O)([O-])OCC[N+](C)(C)C. The molecule has 0 radical (unpaired) electrons. The number of ether oxygens (including phenoxy) is 2. The van der Waals surface area contributed by atoms with Crippen LogP contribution in [-0.2, 0) is 32.7 Å². The number of likely N-dealkylation sites (N-methyl/N-ethyl adjacent to an activating group) is 1. The maximum atomic E-state index is 12.8. The third-order valence-corrected chi connectivity index (χ3v) is 12.7. The van der Waals surface area contributed by atoms with Gasteiger partial charge in [0.2, 0.25) is 0 Å². The van der Waals surface area contributed by atoms with E-state index in [0.717, 1.165) is 122 Å². The van der Waals surface area contributed by atoms with Gasteiger partial charge in [0, 0.05) is 12.8 Å². The topological polar surface area (TPSA) is 111 Å². The van der Waals surface area contributed by atoms with Crippen LogP contribution in [0.15, 0.2) is 158 Å². The zero-order valence-corrected chi connectivity index (χ0v) is 50.0. The van der Waals surface area contributed by atoms with Crippen LogP contribution in [0.4, 0.5) is 0 Å². The van der Waals surface area contributed by atoms with Crippen LogP contribution in [-0.4, -0.2) is 70.0 Å². The number of carbonyl (C=O) groups excluding carboxylic acids is 2. The van der Waals surface area contributed by atoms with Crippen molar-refractivity contribution < 1.29 is 42.1 Å². The third kappa shape index (κ3) is 60.7. The predicted octanol–water partition coefficient (Wildman–Crippen LogP) is 18.2. The van der Waals surface area contributed by atoms with Gasteiger partial charge in [0.15, 0.2) is 6.10 Å². The van der Waals surface area contributed by atoms with E-state index in [1.165, 1.54) is 38.5 Å². The Hall–Kier alpha value is -4.37. The molecule has 0 aromatic carbocycles. The number of phosphoric acid groups is 1. The average Bonchev–Trinajstić information content (AvgIpc) is 3.39. The van der Waals surface area contributed by atoms with Gasteiger partial charge >= 0.3 is 11.9 Å². The second-order valence-corrected chi connectivity index (χ2v) is 21.7. The van der Waals surface area contributed by atoms with Gasteiger partial charge in [-0.15, -0.1) is 0 Å². The molecule has 2 atom stereocenters. The molecule has 9 nitrogen and oxygen atoms in total. The number of carbonyl (C=O) groups is 2. The monoisotopic (exact) mass is 1090 g/mol. The van der Waals surface area contributed by atoms with Crippen LogP contribution in [0.2, 0.25) is 0 Å². The van der Waals surface area contributed by atoms with E-state index in [4.69, 9.17) is 18.5 Å². The van der Waals surface area contributed by atoms with Crippen molar-refractivity contribution in [2.45, 2.75) is 206 Å². The summed E-state index contributed by atoms with van der Waals surface area (Å²) in [5.41, 5.74) is 0.